The molecule has 0 amide bonds. The zero-order valence-electron chi connectivity index (χ0n) is 9.37. The third-order valence-corrected chi connectivity index (χ3v) is 4.53. The van der Waals surface area contributed by atoms with E-state index in [-0.39, 0.29) is 11.5 Å². The Morgan fingerprint density at radius 1 is 1.40 bits per heavy atom. The summed E-state index contributed by atoms with van der Waals surface area (Å²) in [6.07, 6.45) is 3.51. The summed E-state index contributed by atoms with van der Waals surface area (Å²) in [4.78, 5) is 14.7. The Labute approximate surface area is 90.8 Å². The van der Waals surface area contributed by atoms with Crippen molar-refractivity contribution in [2.45, 2.75) is 32.2 Å². The third kappa shape index (κ3) is 1.36. The molecule has 0 radical (unpaired) electrons. The van der Waals surface area contributed by atoms with Crippen molar-refractivity contribution in [2.24, 2.45) is 11.3 Å². The van der Waals surface area contributed by atoms with Gasteiger partial charge in [-0.3, -0.25) is 9.69 Å². The Balaban J connectivity index is 1.79. The minimum Gasteiger partial charge on any atom is -0.379 e. The van der Waals surface area contributed by atoms with Crippen LogP contribution in [0.3, 0.4) is 0 Å². The van der Waals surface area contributed by atoms with Crippen molar-refractivity contribution >= 4 is 5.78 Å². The molecule has 1 aliphatic heterocycles. The minimum atomic E-state index is 0.0215. The zero-order chi connectivity index (χ0) is 10.5. The van der Waals surface area contributed by atoms with Crippen molar-refractivity contribution in [3.63, 3.8) is 0 Å². The van der Waals surface area contributed by atoms with Crippen LogP contribution in [0, 0.1) is 11.3 Å². The fourth-order valence-corrected chi connectivity index (χ4v) is 3.67. The summed E-state index contributed by atoms with van der Waals surface area (Å²) in [5.74, 6) is 1.15. The summed E-state index contributed by atoms with van der Waals surface area (Å²) in [6.45, 7) is 5.65. The van der Waals surface area contributed by atoms with Crippen molar-refractivity contribution in [3.8, 4) is 0 Å². The maximum Gasteiger partial charge on any atom is 0.156 e. The van der Waals surface area contributed by atoms with Crippen LogP contribution in [0.1, 0.15) is 26.2 Å². The van der Waals surface area contributed by atoms with E-state index in [1.807, 2.05) is 0 Å². The zero-order valence-corrected chi connectivity index (χ0v) is 9.37. The molecule has 2 saturated carbocycles. The quantitative estimate of drug-likeness (QED) is 0.647. The number of rotatable bonds is 1. The smallest absolute Gasteiger partial charge is 0.156 e. The first-order valence-electron chi connectivity index (χ1n) is 6.07. The van der Waals surface area contributed by atoms with Crippen molar-refractivity contribution < 1.29 is 9.53 Å². The van der Waals surface area contributed by atoms with Crippen LogP contribution in [-0.2, 0) is 9.53 Å². The first kappa shape index (κ1) is 9.79. The number of hydrogen-bond acceptors (Lipinski definition) is 3. The van der Waals surface area contributed by atoms with Gasteiger partial charge in [-0.05, 0) is 25.2 Å². The first-order chi connectivity index (χ1) is 7.21. The Hall–Kier alpha value is -0.410. The standard InChI is InChI=1S/C12H19NO2/c1-12-3-2-9(8-12)10(11(12)14)13-4-6-15-7-5-13/h9-10H,2-8H2,1H3. The second-order valence-electron chi connectivity index (χ2n) is 5.52. The number of hydrogen-bond donors (Lipinski definition) is 0. The number of Topliss-reactive ketones (excluding diaryl/α,β-unsaturated/α-hetero) is 1. The predicted octanol–water partition coefficient (Wildman–Crippen LogP) is 1.08. The van der Waals surface area contributed by atoms with Gasteiger partial charge in [-0.25, -0.2) is 0 Å². The van der Waals surface area contributed by atoms with Crippen molar-refractivity contribution in [1.29, 1.82) is 0 Å². The van der Waals surface area contributed by atoms with Gasteiger partial charge >= 0.3 is 0 Å². The van der Waals surface area contributed by atoms with E-state index in [2.05, 4.69) is 11.8 Å². The van der Waals surface area contributed by atoms with Gasteiger partial charge in [0.15, 0.2) is 5.78 Å². The van der Waals surface area contributed by atoms with Gasteiger partial charge in [-0.15, -0.1) is 0 Å². The number of ether oxygens (including phenoxy) is 1. The first-order valence-corrected chi connectivity index (χ1v) is 6.07. The van der Waals surface area contributed by atoms with Crippen LogP contribution in [0.4, 0.5) is 0 Å². The van der Waals surface area contributed by atoms with Gasteiger partial charge in [0, 0.05) is 18.5 Å². The normalized spacial score (nSPS) is 46.3. The topological polar surface area (TPSA) is 29.5 Å². The van der Waals surface area contributed by atoms with Crippen LogP contribution in [-0.4, -0.2) is 43.0 Å². The molecule has 15 heavy (non-hydrogen) atoms. The number of carbonyl (C=O) groups excluding carboxylic acids is 1. The van der Waals surface area contributed by atoms with E-state index in [4.69, 9.17) is 4.74 Å². The van der Waals surface area contributed by atoms with E-state index in [9.17, 15) is 4.79 Å². The summed E-state index contributed by atoms with van der Waals surface area (Å²) < 4.78 is 5.35. The van der Waals surface area contributed by atoms with E-state index in [1.165, 1.54) is 6.42 Å². The monoisotopic (exact) mass is 209 g/mol. The predicted molar refractivity (Wildman–Crippen MR) is 56.6 cm³/mol. The van der Waals surface area contributed by atoms with Crippen LogP contribution < -0.4 is 0 Å². The molecular formula is C12H19NO2. The van der Waals surface area contributed by atoms with E-state index in [0.29, 0.717) is 11.7 Å². The highest BCUT2D eigenvalue weighted by Crippen LogP contribution is 2.52. The molecule has 0 N–H and O–H groups in total. The maximum atomic E-state index is 12.3. The highest BCUT2D eigenvalue weighted by Gasteiger charge is 2.56. The minimum absolute atomic E-state index is 0.0215. The largest absolute Gasteiger partial charge is 0.379 e. The molecule has 1 heterocycles. The molecule has 2 bridgehead atoms. The van der Waals surface area contributed by atoms with E-state index in [0.717, 1.165) is 39.1 Å². The highest BCUT2D eigenvalue weighted by molar-refractivity contribution is 5.93. The summed E-state index contributed by atoms with van der Waals surface area (Å²) in [5, 5.41) is 0. The van der Waals surface area contributed by atoms with Gasteiger partial charge in [0.25, 0.3) is 0 Å². The van der Waals surface area contributed by atoms with Crippen LogP contribution >= 0.6 is 0 Å². The van der Waals surface area contributed by atoms with E-state index >= 15 is 0 Å². The van der Waals surface area contributed by atoms with Gasteiger partial charge in [0.2, 0.25) is 0 Å². The number of carbonyl (C=O) groups is 1. The number of morpholine rings is 1. The highest BCUT2D eigenvalue weighted by atomic mass is 16.5. The van der Waals surface area contributed by atoms with Crippen molar-refractivity contribution in [3.05, 3.63) is 0 Å². The lowest BCUT2D eigenvalue weighted by Crippen LogP contribution is -2.51. The average molecular weight is 209 g/mol. The average Bonchev–Trinajstić information content (AvgIpc) is 2.73. The van der Waals surface area contributed by atoms with Crippen molar-refractivity contribution in [2.75, 3.05) is 26.3 Å². The molecule has 3 rings (SSSR count). The molecule has 0 aromatic rings. The van der Waals surface area contributed by atoms with Gasteiger partial charge in [0.1, 0.15) is 0 Å². The molecule has 3 heteroatoms. The number of nitrogens with zero attached hydrogens (tertiary/aromatic N) is 1. The fraction of sp³-hybridized carbons (Fsp3) is 0.917. The van der Waals surface area contributed by atoms with E-state index in [1.54, 1.807) is 0 Å². The molecule has 3 fully saturated rings. The Kier molecular flexibility index (Phi) is 2.15. The van der Waals surface area contributed by atoms with Gasteiger partial charge in [-0.2, -0.15) is 0 Å². The lowest BCUT2D eigenvalue weighted by Gasteiger charge is -2.37. The van der Waals surface area contributed by atoms with Gasteiger partial charge in [-0.1, -0.05) is 6.92 Å². The molecule has 3 nitrogen and oxygen atoms in total. The molecule has 3 unspecified atom stereocenters. The molecular weight excluding hydrogens is 190 g/mol. The second-order valence-corrected chi connectivity index (χ2v) is 5.52. The molecule has 1 saturated heterocycles. The van der Waals surface area contributed by atoms with Crippen molar-refractivity contribution in [1.82, 2.24) is 4.90 Å². The SMILES string of the molecule is CC12CCC(C1)C(N1CCOCC1)C2=O. The molecule has 84 valence electrons. The Bertz CT molecular complexity index is 285. The summed E-state index contributed by atoms with van der Waals surface area (Å²) in [5.41, 5.74) is 0.0215. The maximum absolute atomic E-state index is 12.3. The lowest BCUT2D eigenvalue weighted by molar-refractivity contribution is -0.133. The summed E-state index contributed by atoms with van der Waals surface area (Å²) in [7, 11) is 0. The molecule has 2 aliphatic carbocycles. The molecule has 3 aliphatic rings. The van der Waals surface area contributed by atoms with Gasteiger partial charge in [0.05, 0.1) is 19.3 Å². The summed E-state index contributed by atoms with van der Waals surface area (Å²) >= 11 is 0. The Morgan fingerprint density at radius 3 is 2.73 bits per heavy atom. The molecule has 0 spiro atoms. The van der Waals surface area contributed by atoms with Gasteiger partial charge < -0.3 is 4.74 Å². The number of ketones is 1. The molecule has 0 aromatic carbocycles. The number of fused-ring (bicyclic) bond motifs is 2. The van der Waals surface area contributed by atoms with Crippen LogP contribution in [0.5, 0.6) is 0 Å². The molecule has 3 atom stereocenters. The van der Waals surface area contributed by atoms with Crippen LogP contribution in [0.25, 0.3) is 0 Å². The summed E-state index contributed by atoms with van der Waals surface area (Å²) in [6, 6.07) is 0.229. The molecule has 0 aromatic heterocycles. The van der Waals surface area contributed by atoms with Crippen LogP contribution in [0.15, 0.2) is 0 Å². The Morgan fingerprint density at radius 2 is 2.13 bits per heavy atom. The van der Waals surface area contributed by atoms with Crippen LogP contribution in [0.2, 0.25) is 0 Å². The fourth-order valence-electron chi connectivity index (χ4n) is 3.67. The third-order valence-electron chi connectivity index (χ3n) is 4.53. The van der Waals surface area contributed by atoms with E-state index < -0.39 is 0 Å². The second kappa shape index (κ2) is 3.29. The lowest BCUT2D eigenvalue weighted by atomic mass is 9.83.